The molecule has 0 spiro atoms. The molecule has 1 rings (SSSR count). The zero-order chi connectivity index (χ0) is 13.5. The Morgan fingerprint density at radius 2 is 2.22 bits per heavy atom. The monoisotopic (exact) mass is 255 g/mol. The molecule has 0 aliphatic heterocycles. The molecule has 1 aromatic rings. The molecule has 0 radical (unpaired) electrons. The van der Waals surface area contributed by atoms with Crippen molar-refractivity contribution in [1.82, 2.24) is 0 Å². The van der Waals surface area contributed by atoms with Crippen molar-refractivity contribution in [2.24, 2.45) is 5.73 Å². The summed E-state index contributed by atoms with van der Waals surface area (Å²) >= 11 is 0. The Hall–Kier alpha value is -1.66. The van der Waals surface area contributed by atoms with Gasteiger partial charge in [-0.15, -0.1) is 0 Å². The highest BCUT2D eigenvalue weighted by atomic mass is 19.1. The number of aliphatic hydroxyl groups is 1. The van der Waals surface area contributed by atoms with Crippen molar-refractivity contribution in [3.63, 3.8) is 0 Å². The molecule has 0 atom stereocenters. The highest BCUT2D eigenvalue weighted by Gasteiger charge is 2.10. The summed E-state index contributed by atoms with van der Waals surface area (Å²) < 4.78 is 18.2. The van der Waals surface area contributed by atoms with E-state index in [1.54, 1.807) is 6.07 Å². The first-order valence-corrected chi connectivity index (χ1v) is 5.60. The highest BCUT2D eigenvalue weighted by molar-refractivity contribution is 6.00. The van der Waals surface area contributed by atoms with Gasteiger partial charge in [-0.2, -0.15) is 0 Å². The Bertz CT molecular complexity index is 412. The molecule has 100 valence electrons. The molecule has 0 saturated heterocycles. The Morgan fingerprint density at radius 1 is 1.50 bits per heavy atom. The van der Waals surface area contributed by atoms with Crippen LogP contribution in [0.15, 0.2) is 18.2 Å². The average Bonchev–Trinajstić information content (AvgIpc) is 2.34. The van der Waals surface area contributed by atoms with E-state index < -0.39 is 5.82 Å². The molecular weight excluding hydrogens is 237 g/mol. The third kappa shape index (κ3) is 3.97. The molecule has 0 aliphatic rings. The maximum Gasteiger partial charge on any atom is 0.125 e. The van der Waals surface area contributed by atoms with Crippen molar-refractivity contribution in [3.8, 4) is 0 Å². The van der Waals surface area contributed by atoms with Crippen molar-refractivity contribution < 1.29 is 14.2 Å². The van der Waals surface area contributed by atoms with Crippen LogP contribution in [0.1, 0.15) is 5.56 Å². The number of nitrogens with two attached hydrogens (primary N) is 1. The van der Waals surface area contributed by atoms with Crippen LogP contribution in [0, 0.1) is 11.2 Å². The third-order valence-electron chi connectivity index (χ3n) is 2.47. The van der Waals surface area contributed by atoms with Crippen LogP contribution >= 0.6 is 0 Å². The quantitative estimate of drug-likeness (QED) is 0.377. The van der Waals surface area contributed by atoms with Gasteiger partial charge in [0, 0.05) is 24.8 Å². The summed E-state index contributed by atoms with van der Waals surface area (Å²) in [5.74, 6) is -0.596. The maximum atomic E-state index is 13.1. The fraction of sp³-hybridized carbons (Fsp3) is 0.417. The lowest BCUT2D eigenvalue weighted by molar-refractivity contribution is 0.0971. The van der Waals surface area contributed by atoms with E-state index in [2.05, 4.69) is 0 Å². The second-order valence-corrected chi connectivity index (χ2v) is 3.83. The van der Waals surface area contributed by atoms with Gasteiger partial charge in [0.2, 0.25) is 0 Å². The molecule has 18 heavy (non-hydrogen) atoms. The summed E-state index contributed by atoms with van der Waals surface area (Å²) in [6.45, 7) is 1.27. The van der Waals surface area contributed by atoms with Crippen molar-refractivity contribution in [2.75, 3.05) is 38.3 Å². The van der Waals surface area contributed by atoms with Gasteiger partial charge in [0.25, 0.3) is 0 Å². The van der Waals surface area contributed by atoms with Crippen LogP contribution in [0.2, 0.25) is 0 Å². The Labute approximate surface area is 105 Å². The molecule has 4 N–H and O–H groups in total. The number of halogens is 1. The molecule has 0 bridgehead atoms. The van der Waals surface area contributed by atoms with Gasteiger partial charge in [0.1, 0.15) is 11.7 Å². The predicted molar refractivity (Wildman–Crippen MR) is 68.6 cm³/mol. The van der Waals surface area contributed by atoms with Crippen molar-refractivity contribution in [1.29, 1.82) is 5.41 Å². The number of rotatable bonds is 7. The van der Waals surface area contributed by atoms with E-state index in [-0.39, 0.29) is 19.0 Å². The number of nitrogens with one attached hydrogen (secondary N) is 1. The lowest BCUT2D eigenvalue weighted by atomic mass is 10.1. The first kappa shape index (κ1) is 14.4. The zero-order valence-corrected chi connectivity index (χ0v) is 10.3. The lowest BCUT2D eigenvalue weighted by Gasteiger charge is -2.22. The van der Waals surface area contributed by atoms with Gasteiger partial charge < -0.3 is 20.5 Å². The SMILES string of the molecule is CN(CCOCCO)c1ccc(F)cc1C(=N)N. The fourth-order valence-electron chi connectivity index (χ4n) is 1.55. The van der Waals surface area contributed by atoms with E-state index in [4.69, 9.17) is 21.0 Å². The average molecular weight is 255 g/mol. The minimum Gasteiger partial charge on any atom is -0.394 e. The highest BCUT2D eigenvalue weighted by Crippen LogP contribution is 2.20. The number of ether oxygens (including phenoxy) is 1. The molecular formula is C12H18FN3O2. The van der Waals surface area contributed by atoms with Gasteiger partial charge in [-0.05, 0) is 18.2 Å². The van der Waals surface area contributed by atoms with Gasteiger partial charge in [0.05, 0.1) is 19.8 Å². The second kappa shape index (κ2) is 6.93. The molecule has 1 aromatic carbocycles. The lowest BCUT2D eigenvalue weighted by Crippen LogP contribution is -2.26. The van der Waals surface area contributed by atoms with Crippen molar-refractivity contribution >= 4 is 11.5 Å². The minimum absolute atomic E-state index is 0.0149. The van der Waals surface area contributed by atoms with Crippen LogP contribution in [0.4, 0.5) is 10.1 Å². The van der Waals surface area contributed by atoms with E-state index in [1.807, 2.05) is 11.9 Å². The summed E-state index contributed by atoms with van der Waals surface area (Å²) in [5.41, 5.74) is 6.46. The molecule has 5 nitrogen and oxygen atoms in total. The van der Waals surface area contributed by atoms with Crippen LogP contribution in [0.25, 0.3) is 0 Å². The van der Waals surface area contributed by atoms with E-state index in [0.717, 1.165) is 0 Å². The first-order chi connectivity index (χ1) is 8.56. The molecule has 0 aromatic heterocycles. The van der Waals surface area contributed by atoms with Gasteiger partial charge >= 0.3 is 0 Å². The molecule has 0 saturated carbocycles. The minimum atomic E-state index is -0.422. The van der Waals surface area contributed by atoms with E-state index in [9.17, 15) is 4.39 Å². The van der Waals surface area contributed by atoms with Gasteiger partial charge in [0.15, 0.2) is 0 Å². The van der Waals surface area contributed by atoms with Crippen molar-refractivity contribution in [2.45, 2.75) is 0 Å². The number of hydrogen-bond acceptors (Lipinski definition) is 4. The van der Waals surface area contributed by atoms with Crippen LogP contribution < -0.4 is 10.6 Å². The van der Waals surface area contributed by atoms with E-state index >= 15 is 0 Å². The molecule has 0 fully saturated rings. The molecule has 6 heteroatoms. The third-order valence-corrected chi connectivity index (χ3v) is 2.47. The maximum absolute atomic E-state index is 13.1. The summed E-state index contributed by atoms with van der Waals surface area (Å²) in [6, 6.07) is 4.15. The van der Waals surface area contributed by atoms with E-state index in [1.165, 1.54) is 12.1 Å². The molecule has 0 unspecified atom stereocenters. The van der Waals surface area contributed by atoms with Crippen LogP contribution in [-0.2, 0) is 4.74 Å². The van der Waals surface area contributed by atoms with Crippen LogP contribution in [-0.4, -0.2) is 44.4 Å². The standard InChI is InChI=1S/C12H18FN3O2/c1-16(4-6-18-7-5-17)11-3-2-9(13)8-10(11)12(14)15/h2-3,8,17H,4-7H2,1H3,(H3,14,15). The first-order valence-electron chi connectivity index (χ1n) is 5.60. The largest absolute Gasteiger partial charge is 0.394 e. The predicted octanol–water partition coefficient (Wildman–Crippen LogP) is 0.555. The number of hydrogen-bond donors (Lipinski definition) is 3. The zero-order valence-electron chi connectivity index (χ0n) is 10.3. The number of benzene rings is 1. The number of nitrogens with zero attached hydrogens (tertiary/aromatic N) is 1. The summed E-state index contributed by atoms with van der Waals surface area (Å²) in [7, 11) is 1.81. The topological polar surface area (TPSA) is 82.6 Å². The van der Waals surface area contributed by atoms with E-state index in [0.29, 0.717) is 24.4 Å². The summed E-state index contributed by atoms with van der Waals surface area (Å²) in [4.78, 5) is 1.83. The number of amidine groups is 1. The Balaban J connectivity index is 2.72. The van der Waals surface area contributed by atoms with Crippen LogP contribution in [0.5, 0.6) is 0 Å². The fourth-order valence-corrected chi connectivity index (χ4v) is 1.55. The Kier molecular flexibility index (Phi) is 5.54. The number of aliphatic hydroxyl groups excluding tert-OH is 1. The second-order valence-electron chi connectivity index (χ2n) is 3.83. The Morgan fingerprint density at radius 3 is 2.83 bits per heavy atom. The van der Waals surface area contributed by atoms with Gasteiger partial charge in [-0.25, -0.2) is 4.39 Å². The van der Waals surface area contributed by atoms with Crippen molar-refractivity contribution in [3.05, 3.63) is 29.6 Å². The normalized spacial score (nSPS) is 10.4. The molecule has 0 heterocycles. The summed E-state index contributed by atoms with van der Waals surface area (Å²) in [5, 5.41) is 16.0. The molecule has 0 aliphatic carbocycles. The van der Waals surface area contributed by atoms with Gasteiger partial charge in [-0.3, -0.25) is 5.41 Å². The molecule has 0 amide bonds. The number of likely N-dealkylation sites (N-methyl/N-ethyl adjacent to an activating group) is 1. The number of anilines is 1. The van der Waals surface area contributed by atoms with Crippen LogP contribution in [0.3, 0.4) is 0 Å². The summed E-state index contributed by atoms with van der Waals surface area (Å²) in [6.07, 6.45) is 0. The van der Waals surface area contributed by atoms with Gasteiger partial charge in [-0.1, -0.05) is 0 Å². The smallest absolute Gasteiger partial charge is 0.125 e. The number of nitrogen functional groups attached to an aromatic ring is 1.